The van der Waals surface area contributed by atoms with Crippen molar-refractivity contribution in [3.63, 3.8) is 0 Å². The Morgan fingerprint density at radius 1 is 1.33 bits per heavy atom. The average molecular weight is 327 g/mol. The Kier molecular flexibility index (Phi) is 6.13. The fourth-order valence-corrected chi connectivity index (χ4v) is 2.03. The molecule has 24 heavy (non-hydrogen) atoms. The highest BCUT2D eigenvalue weighted by atomic mass is 16.5. The second-order valence-corrected chi connectivity index (χ2v) is 5.83. The molecule has 0 aromatic heterocycles. The fourth-order valence-electron chi connectivity index (χ4n) is 2.03. The minimum Gasteiger partial charge on any atom is -0.339 e. The predicted octanol–water partition coefficient (Wildman–Crippen LogP) is 0.955. The van der Waals surface area contributed by atoms with E-state index in [9.17, 15) is 9.59 Å². The summed E-state index contributed by atoms with van der Waals surface area (Å²) in [6.07, 6.45) is 6.46. The molecule has 2 amide bonds. The Hall–Kier alpha value is -2.62. The molecule has 0 spiro atoms. The van der Waals surface area contributed by atoms with Gasteiger partial charge < -0.3 is 11.1 Å². The molecule has 2 atom stereocenters. The molecule has 1 fully saturated rings. The first-order chi connectivity index (χ1) is 11.5. The molecule has 0 unspecified atom stereocenters. The van der Waals surface area contributed by atoms with Crippen LogP contribution < -0.4 is 16.5 Å². The van der Waals surface area contributed by atoms with Gasteiger partial charge in [-0.2, -0.15) is 0 Å². The molecule has 0 radical (unpaired) electrons. The summed E-state index contributed by atoms with van der Waals surface area (Å²) in [4.78, 5) is 23.7. The number of benzene rings is 1. The van der Waals surface area contributed by atoms with Crippen molar-refractivity contribution in [2.45, 2.75) is 31.8 Å². The SMILES string of the molecule is C[C@@H](N)[C@H](NC(=O)c1ccc(C#CC=CC2CC2)cc1)C(=O)NO. The minimum atomic E-state index is -1.02. The second kappa shape index (κ2) is 8.29. The van der Waals surface area contributed by atoms with Crippen LogP contribution in [0.4, 0.5) is 0 Å². The van der Waals surface area contributed by atoms with E-state index < -0.39 is 23.9 Å². The van der Waals surface area contributed by atoms with Crippen molar-refractivity contribution in [2.75, 3.05) is 0 Å². The van der Waals surface area contributed by atoms with Crippen molar-refractivity contribution in [1.29, 1.82) is 0 Å². The van der Waals surface area contributed by atoms with E-state index in [0.717, 1.165) is 5.56 Å². The van der Waals surface area contributed by atoms with Gasteiger partial charge in [-0.05, 0) is 56.0 Å². The average Bonchev–Trinajstić information content (AvgIpc) is 3.40. The molecule has 1 saturated carbocycles. The number of carbonyl (C=O) groups excluding carboxylic acids is 2. The van der Waals surface area contributed by atoms with Crippen LogP contribution in [0.5, 0.6) is 0 Å². The highest BCUT2D eigenvalue weighted by molar-refractivity contribution is 5.97. The first-order valence-electron chi connectivity index (χ1n) is 7.80. The number of hydroxylamine groups is 1. The van der Waals surface area contributed by atoms with E-state index in [1.165, 1.54) is 18.3 Å². The Morgan fingerprint density at radius 3 is 2.54 bits per heavy atom. The normalized spacial score (nSPS) is 16.0. The molecule has 1 aromatic carbocycles. The second-order valence-electron chi connectivity index (χ2n) is 5.83. The van der Waals surface area contributed by atoms with Crippen LogP contribution in [0.1, 0.15) is 35.7 Å². The molecular weight excluding hydrogens is 306 g/mol. The number of nitrogens with one attached hydrogen (secondary N) is 2. The van der Waals surface area contributed by atoms with Crippen molar-refractivity contribution in [3.05, 3.63) is 47.5 Å². The van der Waals surface area contributed by atoms with E-state index in [1.54, 1.807) is 31.2 Å². The van der Waals surface area contributed by atoms with Gasteiger partial charge in [0, 0.05) is 17.2 Å². The van der Waals surface area contributed by atoms with E-state index in [2.05, 4.69) is 23.2 Å². The van der Waals surface area contributed by atoms with Crippen LogP contribution in [0.3, 0.4) is 0 Å². The van der Waals surface area contributed by atoms with Crippen LogP contribution in [0.15, 0.2) is 36.4 Å². The minimum absolute atomic E-state index is 0.380. The van der Waals surface area contributed by atoms with Gasteiger partial charge >= 0.3 is 0 Å². The molecule has 0 bridgehead atoms. The summed E-state index contributed by atoms with van der Waals surface area (Å²) in [5.74, 6) is 5.44. The van der Waals surface area contributed by atoms with Crippen LogP contribution in [0.25, 0.3) is 0 Å². The lowest BCUT2D eigenvalue weighted by Crippen LogP contribution is -2.54. The molecule has 1 aliphatic rings. The van der Waals surface area contributed by atoms with Crippen LogP contribution >= 0.6 is 0 Å². The van der Waals surface area contributed by atoms with Gasteiger partial charge in [0.25, 0.3) is 11.8 Å². The van der Waals surface area contributed by atoms with Gasteiger partial charge in [0.05, 0.1) is 0 Å². The van der Waals surface area contributed by atoms with Crippen molar-refractivity contribution >= 4 is 11.8 Å². The standard InChI is InChI=1S/C18H21N3O3/c1-12(19)16(18(23)21-24)20-17(22)15-10-8-14(9-11-15)5-3-2-4-13-6-7-13/h2,4,8-13,16,24H,6-7,19H2,1H3,(H,20,22)(H,21,23)/t12-,16+/m1/s1. The zero-order valence-electron chi connectivity index (χ0n) is 13.5. The summed E-state index contributed by atoms with van der Waals surface area (Å²) in [6.45, 7) is 1.56. The number of carbonyl (C=O) groups is 2. The zero-order valence-corrected chi connectivity index (χ0v) is 13.5. The van der Waals surface area contributed by atoms with E-state index in [4.69, 9.17) is 10.9 Å². The third-order valence-corrected chi connectivity index (χ3v) is 3.64. The molecule has 6 heteroatoms. The van der Waals surface area contributed by atoms with Gasteiger partial charge in [-0.1, -0.05) is 17.9 Å². The van der Waals surface area contributed by atoms with Gasteiger partial charge in [-0.25, -0.2) is 5.48 Å². The fraction of sp³-hybridized carbons (Fsp3) is 0.333. The monoisotopic (exact) mass is 327 g/mol. The zero-order chi connectivity index (χ0) is 17.5. The quantitative estimate of drug-likeness (QED) is 0.367. The maximum absolute atomic E-state index is 12.2. The lowest BCUT2D eigenvalue weighted by Gasteiger charge is -2.19. The Bertz CT molecular complexity index is 680. The number of hydrogen-bond donors (Lipinski definition) is 4. The Morgan fingerprint density at radius 2 is 2.00 bits per heavy atom. The van der Waals surface area contributed by atoms with Crippen LogP contribution in [-0.2, 0) is 4.79 Å². The smallest absolute Gasteiger partial charge is 0.267 e. The number of allylic oxidation sites excluding steroid dienone is 2. The molecule has 1 aliphatic carbocycles. The molecule has 0 saturated heterocycles. The summed E-state index contributed by atoms with van der Waals surface area (Å²) in [5.41, 5.74) is 8.32. The van der Waals surface area contributed by atoms with Crippen molar-refractivity contribution < 1.29 is 14.8 Å². The lowest BCUT2D eigenvalue weighted by molar-refractivity contribution is -0.131. The topological polar surface area (TPSA) is 104 Å². The molecule has 0 aliphatic heterocycles. The van der Waals surface area contributed by atoms with Crippen molar-refractivity contribution in [3.8, 4) is 11.8 Å². The van der Waals surface area contributed by atoms with Gasteiger partial charge in [0.1, 0.15) is 6.04 Å². The molecule has 1 aromatic rings. The Labute approximate surface area is 141 Å². The van der Waals surface area contributed by atoms with Crippen molar-refractivity contribution in [1.82, 2.24) is 10.8 Å². The molecule has 126 valence electrons. The molecule has 0 heterocycles. The summed E-state index contributed by atoms with van der Waals surface area (Å²) in [7, 11) is 0. The van der Waals surface area contributed by atoms with Crippen LogP contribution in [0.2, 0.25) is 0 Å². The third-order valence-electron chi connectivity index (χ3n) is 3.64. The summed E-state index contributed by atoms with van der Waals surface area (Å²) < 4.78 is 0. The number of nitrogens with two attached hydrogens (primary N) is 1. The van der Waals surface area contributed by atoms with Gasteiger partial charge in [-0.3, -0.25) is 14.8 Å². The van der Waals surface area contributed by atoms with E-state index >= 15 is 0 Å². The highest BCUT2D eigenvalue weighted by Crippen LogP contribution is 2.29. The summed E-state index contributed by atoms with van der Waals surface area (Å²) in [5, 5.41) is 11.2. The Balaban J connectivity index is 1.98. The number of amides is 2. The van der Waals surface area contributed by atoms with Gasteiger partial charge in [0.15, 0.2) is 0 Å². The van der Waals surface area contributed by atoms with E-state index in [-0.39, 0.29) is 0 Å². The molecule has 6 nitrogen and oxygen atoms in total. The first-order valence-corrected chi connectivity index (χ1v) is 7.80. The van der Waals surface area contributed by atoms with Crippen LogP contribution in [-0.4, -0.2) is 29.1 Å². The van der Waals surface area contributed by atoms with E-state index in [0.29, 0.717) is 11.5 Å². The maximum Gasteiger partial charge on any atom is 0.267 e. The van der Waals surface area contributed by atoms with Gasteiger partial charge in [0.2, 0.25) is 0 Å². The highest BCUT2D eigenvalue weighted by Gasteiger charge is 2.24. The van der Waals surface area contributed by atoms with Crippen LogP contribution in [0, 0.1) is 17.8 Å². The van der Waals surface area contributed by atoms with Gasteiger partial charge in [-0.15, -0.1) is 0 Å². The number of hydrogen-bond acceptors (Lipinski definition) is 4. The maximum atomic E-state index is 12.2. The largest absolute Gasteiger partial charge is 0.339 e. The first kappa shape index (κ1) is 17.7. The van der Waals surface area contributed by atoms with Crippen molar-refractivity contribution in [2.24, 2.45) is 11.7 Å². The lowest BCUT2D eigenvalue weighted by atomic mass is 10.1. The summed E-state index contributed by atoms with van der Waals surface area (Å²) >= 11 is 0. The predicted molar refractivity (Wildman–Crippen MR) is 90.0 cm³/mol. The molecular formula is C18H21N3O3. The van der Waals surface area contributed by atoms with E-state index in [1.807, 2.05) is 6.08 Å². The third kappa shape index (κ3) is 5.23. The molecule has 5 N–H and O–H groups in total. The molecule has 2 rings (SSSR count). The summed E-state index contributed by atoms with van der Waals surface area (Å²) in [6, 6.07) is 5.05. The number of rotatable bonds is 5.